The van der Waals surface area contributed by atoms with E-state index in [0.717, 1.165) is 0 Å². The minimum absolute atomic E-state index is 1.19. The van der Waals surface area contributed by atoms with E-state index in [1.165, 1.54) is 92.9 Å². The van der Waals surface area contributed by atoms with Gasteiger partial charge in [-0.2, -0.15) is 0 Å². The van der Waals surface area contributed by atoms with Gasteiger partial charge in [0.15, 0.2) is 0 Å². The average Bonchev–Trinajstić information content (AvgIpc) is 3.80. The second kappa shape index (κ2) is 6.78. The number of hydrogen-bond acceptors (Lipinski definition) is 0. The number of fused-ring (bicyclic) bond motifs is 14. The van der Waals surface area contributed by atoms with Crippen LogP contribution in [-0.4, -0.2) is 13.4 Å². The first-order chi connectivity index (χ1) is 20.4. The fourth-order valence-corrected chi connectivity index (χ4v) is 7.97. The third-order valence-corrected chi connectivity index (χ3v) is 9.49. The zero-order chi connectivity index (χ0) is 26.4. The maximum atomic E-state index is 2.52. The third-order valence-electron chi connectivity index (χ3n) is 9.49. The Kier molecular flexibility index (Phi) is 3.37. The SMILES string of the molecule is c1ccc2c(c1)c1ccccc1n2-c1ccc2c(c1)c1cccc3c4c5cccc6c7ccccc7n(c65)c4n2c13. The molecule has 6 aromatic carbocycles. The van der Waals surface area contributed by atoms with Crippen LogP contribution in [0.3, 0.4) is 0 Å². The lowest BCUT2D eigenvalue weighted by molar-refractivity contribution is 1.18. The Labute approximate surface area is 233 Å². The summed E-state index contributed by atoms with van der Waals surface area (Å²) in [7, 11) is 0. The van der Waals surface area contributed by atoms with Crippen LogP contribution in [0.1, 0.15) is 0 Å². The molecule has 41 heavy (non-hydrogen) atoms. The molecule has 0 fully saturated rings. The lowest BCUT2D eigenvalue weighted by Crippen LogP contribution is -1.94. The van der Waals surface area contributed by atoms with Crippen molar-refractivity contribution in [3.05, 3.63) is 127 Å². The van der Waals surface area contributed by atoms with E-state index in [9.17, 15) is 0 Å². The molecule has 0 spiro atoms. The molecule has 0 aliphatic rings. The van der Waals surface area contributed by atoms with E-state index in [1.54, 1.807) is 0 Å². The molecule has 0 aliphatic heterocycles. The smallest absolute Gasteiger partial charge is 0.131 e. The molecule has 0 bridgehead atoms. The molecule has 0 atom stereocenters. The van der Waals surface area contributed by atoms with Crippen LogP contribution in [0.15, 0.2) is 127 Å². The number of para-hydroxylation sites is 5. The normalized spacial score (nSPS) is 12.9. The van der Waals surface area contributed by atoms with Crippen LogP contribution in [0.4, 0.5) is 0 Å². The number of hydrogen-bond donors (Lipinski definition) is 0. The van der Waals surface area contributed by atoms with Crippen molar-refractivity contribution in [1.29, 1.82) is 0 Å². The lowest BCUT2D eigenvalue weighted by Gasteiger charge is -2.08. The molecule has 11 rings (SSSR count). The predicted octanol–water partition coefficient (Wildman–Crippen LogP) is 9.93. The molecule has 3 nitrogen and oxygen atoms in total. The van der Waals surface area contributed by atoms with Crippen molar-refractivity contribution in [2.75, 3.05) is 0 Å². The quantitative estimate of drug-likeness (QED) is 0.205. The van der Waals surface area contributed by atoms with Crippen molar-refractivity contribution in [1.82, 2.24) is 13.4 Å². The topological polar surface area (TPSA) is 13.8 Å². The Morgan fingerprint density at radius 1 is 0.341 bits per heavy atom. The van der Waals surface area contributed by atoms with Crippen molar-refractivity contribution in [3.63, 3.8) is 0 Å². The number of benzene rings is 6. The molecular formula is C38H21N3. The minimum Gasteiger partial charge on any atom is -0.309 e. The van der Waals surface area contributed by atoms with Gasteiger partial charge in [-0.1, -0.05) is 91.0 Å². The van der Waals surface area contributed by atoms with E-state index in [0.29, 0.717) is 0 Å². The highest BCUT2D eigenvalue weighted by Crippen LogP contribution is 2.46. The molecule has 0 amide bonds. The first-order valence-corrected chi connectivity index (χ1v) is 14.2. The Bertz CT molecular complexity index is 2800. The largest absolute Gasteiger partial charge is 0.309 e. The highest BCUT2D eigenvalue weighted by Gasteiger charge is 2.25. The zero-order valence-electron chi connectivity index (χ0n) is 22.0. The Morgan fingerprint density at radius 2 is 0.805 bits per heavy atom. The molecule has 5 heterocycles. The average molecular weight is 520 g/mol. The second-order valence-electron chi connectivity index (χ2n) is 11.4. The van der Waals surface area contributed by atoms with E-state index < -0.39 is 0 Å². The van der Waals surface area contributed by atoms with Gasteiger partial charge in [-0.15, -0.1) is 0 Å². The maximum absolute atomic E-state index is 2.52. The van der Waals surface area contributed by atoms with Gasteiger partial charge < -0.3 is 4.57 Å². The van der Waals surface area contributed by atoms with Gasteiger partial charge in [0.25, 0.3) is 0 Å². The fourth-order valence-electron chi connectivity index (χ4n) is 7.97. The summed E-state index contributed by atoms with van der Waals surface area (Å²) in [5, 5.41) is 11.8. The Morgan fingerprint density at radius 3 is 1.44 bits per heavy atom. The van der Waals surface area contributed by atoms with E-state index in [-0.39, 0.29) is 0 Å². The van der Waals surface area contributed by atoms with Crippen LogP contribution in [-0.2, 0) is 0 Å². The van der Waals surface area contributed by atoms with Gasteiger partial charge in [-0.25, -0.2) is 0 Å². The molecule has 188 valence electrons. The summed E-state index contributed by atoms with van der Waals surface area (Å²) < 4.78 is 7.45. The van der Waals surface area contributed by atoms with Gasteiger partial charge in [0.05, 0.1) is 33.1 Å². The molecule has 5 aromatic heterocycles. The lowest BCUT2D eigenvalue weighted by atomic mass is 10.1. The van der Waals surface area contributed by atoms with Crippen LogP contribution in [0.25, 0.3) is 92.9 Å². The summed E-state index contributed by atoms with van der Waals surface area (Å²) in [4.78, 5) is 0. The monoisotopic (exact) mass is 519 g/mol. The fraction of sp³-hybridized carbons (Fsp3) is 0. The van der Waals surface area contributed by atoms with Crippen LogP contribution < -0.4 is 0 Å². The molecule has 0 saturated heterocycles. The highest BCUT2D eigenvalue weighted by atomic mass is 15.1. The summed E-state index contributed by atoms with van der Waals surface area (Å²) in [6.45, 7) is 0. The predicted molar refractivity (Wildman–Crippen MR) is 173 cm³/mol. The van der Waals surface area contributed by atoms with Crippen molar-refractivity contribution < 1.29 is 0 Å². The van der Waals surface area contributed by atoms with Gasteiger partial charge in [-0.05, 0) is 36.4 Å². The van der Waals surface area contributed by atoms with Gasteiger partial charge in [0, 0.05) is 54.2 Å². The van der Waals surface area contributed by atoms with E-state index in [1.807, 2.05) is 0 Å². The van der Waals surface area contributed by atoms with E-state index in [2.05, 4.69) is 141 Å². The van der Waals surface area contributed by atoms with Crippen molar-refractivity contribution >= 4 is 87.2 Å². The van der Waals surface area contributed by atoms with Crippen LogP contribution in [0, 0.1) is 0 Å². The Balaban J connectivity index is 1.34. The van der Waals surface area contributed by atoms with Gasteiger partial charge >= 0.3 is 0 Å². The van der Waals surface area contributed by atoms with Crippen molar-refractivity contribution in [3.8, 4) is 5.69 Å². The summed E-state index contributed by atoms with van der Waals surface area (Å²) >= 11 is 0. The summed E-state index contributed by atoms with van der Waals surface area (Å²) in [6.07, 6.45) is 0. The summed E-state index contributed by atoms with van der Waals surface area (Å²) in [5.74, 6) is 0. The number of rotatable bonds is 1. The van der Waals surface area contributed by atoms with Crippen LogP contribution >= 0.6 is 0 Å². The van der Waals surface area contributed by atoms with Gasteiger partial charge in [0.2, 0.25) is 0 Å². The second-order valence-corrected chi connectivity index (χ2v) is 11.4. The molecule has 0 saturated carbocycles. The Hall–Kier alpha value is -5.54. The standard InChI is InChI=1S/C38H21N3/c1-4-16-31-23(9-1)24-10-2-5-17-32(24)39(31)22-19-20-34-30(21-22)27-13-8-15-29-35-28-14-7-12-26-25-11-3-6-18-33(25)40(36(26)28)38(35)41(34)37(27)29/h1-21H. The minimum atomic E-state index is 1.19. The third kappa shape index (κ3) is 2.20. The number of aromatic nitrogens is 3. The van der Waals surface area contributed by atoms with E-state index in [4.69, 9.17) is 0 Å². The molecule has 0 N–H and O–H groups in total. The highest BCUT2D eigenvalue weighted by molar-refractivity contribution is 6.33. The molecule has 0 aliphatic carbocycles. The van der Waals surface area contributed by atoms with Crippen molar-refractivity contribution in [2.45, 2.75) is 0 Å². The molecule has 0 unspecified atom stereocenters. The summed E-state index contributed by atoms with van der Waals surface area (Å²) in [5.41, 5.74) is 10.1. The summed E-state index contributed by atoms with van der Waals surface area (Å²) in [6, 6.07) is 47.0. The molecule has 0 radical (unpaired) electrons. The van der Waals surface area contributed by atoms with Crippen LogP contribution in [0.2, 0.25) is 0 Å². The van der Waals surface area contributed by atoms with Gasteiger partial charge in [-0.3, -0.25) is 8.80 Å². The van der Waals surface area contributed by atoms with Crippen LogP contribution in [0.5, 0.6) is 0 Å². The van der Waals surface area contributed by atoms with Crippen molar-refractivity contribution in [2.24, 2.45) is 0 Å². The molecule has 11 aromatic rings. The maximum Gasteiger partial charge on any atom is 0.131 e. The molecular weight excluding hydrogens is 498 g/mol. The first kappa shape index (κ1) is 20.4. The number of nitrogens with zero attached hydrogens (tertiary/aromatic N) is 3. The first-order valence-electron chi connectivity index (χ1n) is 14.2. The molecule has 3 heteroatoms. The van der Waals surface area contributed by atoms with Gasteiger partial charge in [0.1, 0.15) is 5.65 Å². The van der Waals surface area contributed by atoms with E-state index >= 15 is 0 Å². The zero-order valence-corrected chi connectivity index (χ0v) is 22.0.